The maximum atomic E-state index is 3.48. The highest BCUT2D eigenvalue weighted by atomic mass is 15.1. The lowest BCUT2D eigenvalue weighted by atomic mass is 9.96. The van der Waals surface area contributed by atoms with Crippen LogP contribution < -0.4 is 5.32 Å². The molecule has 0 radical (unpaired) electrons. The molecule has 0 bridgehead atoms. The van der Waals surface area contributed by atoms with Gasteiger partial charge in [-0.05, 0) is 69.9 Å². The number of nitrogens with zero attached hydrogens (tertiary/aromatic N) is 1. The van der Waals surface area contributed by atoms with Gasteiger partial charge in [-0.15, -0.1) is 0 Å². The highest BCUT2D eigenvalue weighted by molar-refractivity contribution is 5.14. The van der Waals surface area contributed by atoms with Gasteiger partial charge in [-0.25, -0.2) is 0 Å². The van der Waals surface area contributed by atoms with Gasteiger partial charge < -0.3 is 10.2 Å². The van der Waals surface area contributed by atoms with Crippen LogP contribution in [-0.2, 0) is 6.42 Å². The summed E-state index contributed by atoms with van der Waals surface area (Å²) in [5.41, 5.74) is 1.48. The van der Waals surface area contributed by atoms with Gasteiger partial charge in [0.2, 0.25) is 0 Å². The number of hydrogen-bond acceptors (Lipinski definition) is 2. The molecule has 1 heterocycles. The first-order valence-corrected chi connectivity index (χ1v) is 7.85. The fourth-order valence-corrected chi connectivity index (χ4v) is 2.91. The third-order valence-electron chi connectivity index (χ3n) is 4.17. The number of hydrogen-bond donors (Lipinski definition) is 1. The predicted molar refractivity (Wildman–Crippen MR) is 82.5 cm³/mol. The molecule has 0 saturated carbocycles. The smallest absolute Gasteiger partial charge is 0.00156 e. The molecule has 1 saturated heterocycles. The molecule has 1 aliphatic heterocycles. The molecule has 106 valence electrons. The van der Waals surface area contributed by atoms with Crippen LogP contribution in [-0.4, -0.2) is 37.6 Å². The van der Waals surface area contributed by atoms with Crippen molar-refractivity contribution in [2.24, 2.45) is 5.92 Å². The maximum absolute atomic E-state index is 3.48. The molecule has 0 aliphatic carbocycles. The Morgan fingerprint density at radius 2 is 1.89 bits per heavy atom. The highest BCUT2D eigenvalue weighted by Crippen LogP contribution is 2.16. The summed E-state index contributed by atoms with van der Waals surface area (Å²) in [5.74, 6) is 0.908. The van der Waals surface area contributed by atoms with E-state index >= 15 is 0 Å². The normalized spacial score (nSPS) is 17.7. The van der Waals surface area contributed by atoms with Gasteiger partial charge in [0, 0.05) is 0 Å². The third kappa shape index (κ3) is 5.33. The SMILES string of the molecule is CCNCC1CCN(CCCc2ccccc2)CC1. The molecule has 1 aromatic rings. The average molecular weight is 260 g/mol. The van der Waals surface area contributed by atoms with Crippen LogP contribution in [0.1, 0.15) is 31.7 Å². The first kappa shape index (κ1) is 14.5. The molecule has 0 amide bonds. The molecule has 2 nitrogen and oxygen atoms in total. The second kappa shape index (κ2) is 8.34. The molecular formula is C17H28N2. The zero-order chi connectivity index (χ0) is 13.3. The Kier molecular flexibility index (Phi) is 6.38. The standard InChI is InChI=1S/C17H28N2/c1-2-18-15-17-10-13-19(14-11-17)12-6-9-16-7-4-3-5-8-16/h3-5,7-8,17-18H,2,6,9-15H2,1H3. The molecular weight excluding hydrogens is 232 g/mol. The van der Waals surface area contributed by atoms with E-state index in [0.717, 1.165) is 12.5 Å². The second-order valence-corrected chi connectivity index (χ2v) is 5.68. The monoisotopic (exact) mass is 260 g/mol. The first-order chi connectivity index (χ1) is 9.38. The molecule has 0 atom stereocenters. The highest BCUT2D eigenvalue weighted by Gasteiger charge is 2.17. The van der Waals surface area contributed by atoms with Crippen LogP contribution in [0.3, 0.4) is 0 Å². The number of nitrogens with one attached hydrogen (secondary N) is 1. The van der Waals surface area contributed by atoms with Gasteiger partial charge in [-0.2, -0.15) is 0 Å². The molecule has 0 spiro atoms. The maximum Gasteiger partial charge on any atom is -0.00156 e. The van der Waals surface area contributed by atoms with Gasteiger partial charge in [-0.3, -0.25) is 0 Å². The van der Waals surface area contributed by atoms with Crippen LogP contribution in [0.25, 0.3) is 0 Å². The van der Waals surface area contributed by atoms with Crippen LogP contribution in [0, 0.1) is 5.92 Å². The van der Waals surface area contributed by atoms with E-state index in [1.165, 1.54) is 57.4 Å². The fraction of sp³-hybridized carbons (Fsp3) is 0.647. The van der Waals surface area contributed by atoms with Crippen molar-refractivity contribution in [3.8, 4) is 0 Å². The van der Waals surface area contributed by atoms with Crippen LogP contribution in [0.5, 0.6) is 0 Å². The van der Waals surface area contributed by atoms with Gasteiger partial charge >= 0.3 is 0 Å². The zero-order valence-electron chi connectivity index (χ0n) is 12.3. The van der Waals surface area contributed by atoms with Gasteiger partial charge in [0.25, 0.3) is 0 Å². The van der Waals surface area contributed by atoms with E-state index in [1.807, 2.05) is 0 Å². The van der Waals surface area contributed by atoms with Gasteiger partial charge in [0.05, 0.1) is 0 Å². The molecule has 1 fully saturated rings. The lowest BCUT2D eigenvalue weighted by Gasteiger charge is -2.32. The van der Waals surface area contributed by atoms with E-state index in [1.54, 1.807) is 0 Å². The Bertz CT molecular complexity index is 328. The summed E-state index contributed by atoms with van der Waals surface area (Å²) in [6.07, 6.45) is 5.26. The Hall–Kier alpha value is -0.860. The van der Waals surface area contributed by atoms with E-state index in [2.05, 4.69) is 47.5 Å². The van der Waals surface area contributed by atoms with E-state index in [-0.39, 0.29) is 0 Å². The predicted octanol–water partition coefficient (Wildman–Crippen LogP) is 2.94. The van der Waals surface area contributed by atoms with Crippen molar-refractivity contribution in [3.63, 3.8) is 0 Å². The topological polar surface area (TPSA) is 15.3 Å². The summed E-state index contributed by atoms with van der Waals surface area (Å²) in [6.45, 7) is 8.38. The lowest BCUT2D eigenvalue weighted by molar-refractivity contribution is 0.181. The molecule has 19 heavy (non-hydrogen) atoms. The van der Waals surface area contributed by atoms with Crippen LogP contribution in [0.2, 0.25) is 0 Å². The minimum Gasteiger partial charge on any atom is -0.317 e. The number of benzene rings is 1. The van der Waals surface area contributed by atoms with Crippen molar-refractivity contribution < 1.29 is 0 Å². The van der Waals surface area contributed by atoms with Crippen molar-refractivity contribution in [2.75, 3.05) is 32.7 Å². The molecule has 2 rings (SSSR count). The van der Waals surface area contributed by atoms with E-state index < -0.39 is 0 Å². The largest absolute Gasteiger partial charge is 0.317 e. The number of aryl methyl sites for hydroxylation is 1. The van der Waals surface area contributed by atoms with Gasteiger partial charge in [-0.1, -0.05) is 37.3 Å². The van der Waals surface area contributed by atoms with E-state index in [0.29, 0.717) is 0 Å². The molecule has 2 heteroatoms. The summed E-state index contributed by atoms with van der Waals surface area (Å²) in [5, 5.41) is 3.48. The minimum absolute atomic E-state index is 0.908. The average Bonchev–Trinajstić information content (AvgIpc) is 2.47. The van der Waals surface area contributed by atoms with Crippen molar-refractivity contribution in [1.82, 2.24) is 10.2 Å². The Labute approximate surface area is 118 Å². The molecule has 1 N–H and O–H groups in total. The molecule has 1 aromatic carbocycles. The van der Waals surface area contributed by atoms with Crippen LogP contribution >= 0.6 is 0 Å². The molecule has 1 aliphatic rings. The summed E-state index contributed by atoms with van der Waals surface area (Å²) in [4.78, 5) is 2.64. The number of likely N-dealkylation sites (tertiary alicyclic amines) is 1. The Morgan fingerprint density at radius 1 is 1.16 bits per heavy atom. The first-order valence-electron chi connectivity index (χ1n) is 7.85. The van der Waals surface area contributed by atoms with Crippen molar-refractivity contribution in [3.05, 3.63) is 35.9 Å². The Balaban J connectivity index is 1.58. The van der Waals surface area contributed by atoms with Gasteiger partial charge in [0.1, 0.15) is 0 Å². The summed E-state index contributed by atoms with van der Waals surface area (Å²) in [6, 6.07) is 10.9. The van der Waals surface area contributed by atoms with Crippen LogP contribution in [0.15, 0.2) is 30.3 Å². The number of rotatable bonds is 7. The Morgan fingerprint density at radius 3 is 2.58 bits per heavy atom. The summed E-state index contributed by atoms with van der Waals surface area (Å²) >= 11 is 0. The van der Waals surface area contributed by atoms with Gasteiger partial charge in [0.15, 0.2) is 0 Å². The second-order valence-electron chi connectivity index (χ2n) is 5.68. The quantitative estimate of drug-likeness (QED) is 0.811. The number of piperidine rings is 1. The van der Waals surface area contributed by atoms with E-state index in [4.69, 9.17) is 0 Å². The van der Waals surface area contributed by atoms with Crippen molar-refractivity contribution in [1.29, 1.82) is 0 Å². The van der Waals surface area contributed by atoms with E-state index in [9.17, 15) is 0 Å². The molecule has 0 unspecified atom stereocenters. The molecule has 0 aromatic heterocycles. The third-order valence-corrected chi connectivity index (χ3v) is 4.17. The van der Waals surface area contributed by atoms with Crippen LogP contribution in [0.4, 0.5) is 0 Å². The van der Waals surface area contributed by atoms with Crippen molar-refractivity contribution >= 4 is 0 Å². The lowest BCUT2D eigenvalue weighted by Crippen LogP contribution is -2.37. The summed E-state index contributed by atoms with van der Waals surface area (Å²) < 4.78 is 0. The zero-order valence-corrected chi connectivity index (χ0v) is 12.3. The van der Waals surface area contributed by atoms with Crippen molar-refractivity contribution in [2.45, 2.75) is 32.6 Å². The summed E-state index contributed by atoms with van der Waals surface area (Å²) in [7, 11) is 0. The fourth-order valence-electron chi connectivity index (χ4n) is 2.91. The minimum atomic E-state index is 0.908.